The molecule has 0 amide bonds. The van der Waals surface area contributed by atoms with Crippen molar-refractivity contribution in [3.8, 4) is 33.9 Å². The number of aromatic nitrogens is 7. The SMILES string of the molecule is CCCCc1nc(-c2cc(C)cc[n+]2[O-])cn1Cc1ccc(-c2ccccc2)c(-c2nn[nH]n2)c1. The van der Waals surface area contributed by atoms with E-state index in [1.165, 1.54) is 6.20 Å². The lowest BCUT2D eigenvalue weighted by Gasteiger charge is -2.12. The van der Waals surface area contributed by atoms with Crippen molar-refractivity contribution in [2.75, 3.05) is 0 Å². The van der Waals surface area contributed by atoms with Gasteiger partial charge in [-0.15, -0.1) is 10.2 Å². The Morgan fingerprint density at radius 2 is 1.89 bits per heavy atom. The molecular weight excluding hydrogens is 438 g/mol. The maximum absolute atomic E-state index is 12.5. The second-order valence-electron chi connectivity index (χ2n) is 8.67. The van der Waals surface area contributed by atoms with Gasteiger partial charge >= 0.3 is 0 Å². The highest BCUT2D eigenvalue weighted by molar-refractivity contribution is 5.80. The number of H-pyrrole nitrogens is 1. The Kier molecular flexibility index (Phi) is 6.34. The Labute approximate surface area is 203 Å². The number of tetrazole rings is 1. The van der Waals surface area contributed by atoms with E-state index in [1.54, 1.807) is 6.07 Å². The van der Waals surface area contributed by atoms with Crippen molar-refractivity contribution < 1.29 is 4.73 Å². The summed E-state index contributed by atoms with van der Waals surface area (Å²) in [5.74, 6) is 1.52. The highest BCUT2D eigenvalue weighted by atomic mass is 16.5. The van der Waals surface area contributed by atoms with Gasteiger partial charge in [0.2, 0.25) is 11.5 Å². The molecule has 1 N–H and O–H groups in total. The number of nitrogens with zero attached hydrogens (tertiary/aromatic N) is 6. The van der Waals surface area contributed by atoms with Gasteiger partial charge in [-0.2, -0.15) is 9.94 Å². The molecule has 0 fully saturated rings. The van der Waals surface area contributed by atoms with Gasteiger partial charge in [-0.3, -0.25) is 0 Å². The van der Waals surface area contributed by atoms with E-state index in [1.807, 2.05) is 37.4 Å². The zero-order valence-corrected chi connectivity index (χ0v) is 19.8. The van der Waals surface area contributed by atoms with E-state index in [0.717, 1.165) is 57.6 Å². The molecule has 0 aliphatic heterocycles. The Bertz CT molecular complexity index is 1430. The number of pyridine rings is 1. The van der Waals surface area contributed by atoms with Crippen LogP contribution in [-0.4, -0.2) is 30.2 Å². The molecule has 0 saturated carbocycles. The van der Waals surface area contributed by atoms with Crippen LogP contribution >= 0.6 is 0 Å². The number of hydrogen-bond donors (Lipinski definition) is 1. The van der Waals surface area contributed by atoms with Gasteiger partial charge in [0.1, 0.15) is 5.82 Å². The van der Waals surface area contributed by atoms with E-state index in [0.29, 0.717) is 23.8 Å². The minimum absolute atomic E-state index is 0.551. The largest absolute Gasteiger partial charge is 0.618 e. The highest BCUT2D eigenvalue weighted by Gasteiger charge is 2.18. The lowest BCUT2D eigenvalue weighted by Crippen LogP contribution is -2.28. The lowest BCUT2D eigenvalue weighted by molar-refractivity contribution is -0.593. The zero-order valence-electron chi connectivity index (χ0n) is 19.8. The first-order valence-corrected chi connectivity index (χ1v) is 11.8. The summed E-state index contributed by atoms with van der Waals surface area (Å²) in [6.45, 7) is 4.77. The van der Waals surface area contributed by atoms with Gasteiger partial charge in [0.05, 0.1) is 0 Å². The van der Waals surface area contributed by atoms with Gasteiger partial charge in [-0.25, -0.2) is 4.98 Å². The van der Waals surface area contributed by atoms with Crippen LogP contribution in [0.15, 0.2) is 73.1 Å². The summed E-state index contributed by atoms with van der Waals surface area (Å²) in [6, 6.07) is 20.2. The molecule has 0 radical (unpaired) electrons. The van der Waals surface area contributed by atoms with Crippen molar-refractivity contribution in [3.05, 3.63) is 95.2 Å². The van der Waals surface area contributed by atoms with Crippen LogP contribution in [0.2, 0.25) is 0 Å². The fraction of sp³-hybridized carbons (Fsp3) is 0.222. The number of rotatable bonds is 8. The Hall–Kier alpha value is -4.33. The van der Waals surface area contributed by atoms with E-state index in [-0.39, 0.29) is 0 Å². The standard InChI is InChI=1S/C27H27N7O/c1-3-4-10-26-28-24(25-15-19(2)13-14-34(25)35)18-33(26)17-20-11-12-22(21-8-6-5-7-9-21)23(16-20)27-29-31-32-30-27/h5-9,11-16,18H,3-4,10,17H2,1-2H3,(H,29,30,31,32). The Morgan fingerprint density at radius 3 is 2.66 bits per heavy atom. The molecule has 0 unspecified atom stereocenters. The molecule has 8 heteroatoms. The predicted octanol–water partition coefficient (Wildman–Crippen LogP) is 4.73. The maximum atomic E-state index is 12.5. The molecule has 8 nitrogen and oxygen atoms in total. The van der Waals surface area contributed by atoms with Crippen LogP contribution in [0.1, 0.15) is 36.7 Å². The molecule has 35 heavy (non-hydrogen) atoms. The minimum atomic E-state index is 0.551. The third kappa shape index (κ3) is 4.82. The van der Waals surface area contributed by atoms with E-state index in [4.69, 9.17) is 4.98 Å². The van der Waals surface area contributed by atoms with Crippen molar-refractivity contribution in [1.82, 2.24) is 30.2 Å². The molecule has 3 aromatic heterocycles. The molecule has 0 atom stereocenters. The molecule has 5 rings (SSSR count). The molecule has 0 saturated heterocycles. The van der Waals surface area contributed by atoms with E-state index >= 15 is 0 Å². The molecule has 5 aromatic rings. The zero-order chi connectivity index (χ0) is 24.2. The third-order valence-electron chi connectivity index (χ3n) is 6.06. The molecule has 3 heterocycles. The molecular formula is C27H27N7O. The number of unbranched alkanes of at least 4 members (excludes halogenated alkanes) is 1. The average Bonchev–Trinajstić information content (AvgIpc) is 3.55. The number of benzene rings is 2. The second kappa shape index (κ2) is 9.89. The summed E-state index contributed by atoms with van der Waals surface area (Å²) < 4.78 is 3.02. The first-order valence-electron chi connectivity index (χ1n) is 11.8. The monoisotopic (exact) mass is 465 g/mol. The van der Waals surface area contributed by atoms with Crippen molar-refractivity contribution in [3.63, 3.8) is 0 Å². The van der Waals surface area contributed by atoms with Crippen LogP contribution < -0.4 is 4.73 Å². The van der Waals surface area contributed by atoms with Crippen LogP contribution in [0.25, 0.3) is 33.9 Å². The summed E-state index contributed by atoms with van der Waals surface area (Å²) >= 11 is 0. The smallest absolute Gasteiger partial charge is 0.244 e. The second-order valence-corrected chi connectivity index (χ2v) is 8.67. The molecule has 2 aromatic carbocycles. The molecule has 0 aliphatic carbocycles. The fourth-order valence-electron chi connectivity index (χ4n) is 4.25. The first kappa shape index (κ1) is 22.5. The molecule has 0 bridgehead atoms. The fourth-order valence-corrected chi connectivity index (χ4v) is 4.25. The number of imidazole rings is 1. The van der Waals surface area contributed by atoms with Gasteiger partial charge in [0.25, 0.3) is 0 Å². The van der Waals surface area contributed by atoms with Gasteiger partial charge in [-0.1, -0.05) is 55.8 Å². The number of aryl methyl sites for hydroxylation is 2. The molecule has 0 spiro atoms. The van der Waals surface area contributed by atoms with Crippen LogP contribution in [0.3, 0.4) is 0 Å². The van der Waals surface area contributed by atoms with Crippen LogP contribution in [0, 0.1) is 12.1 Å². The summed E-state index contributed by atoms with van der Waals surface area (Å²) in [4.78, 5) is 4.86. The van der Waals surface area contributed by atoms with E-state index in [2.05, 4.69) is 62.4 Å². The van der Waals surface area contributed by atoms with Gasteiger partial charge in [-0.05, 0) is 46.9 Å². The normalized spacial score (nSPS) is 11.1. The predicted molar refractivity (Wildman–Crippen MR) is 134 cm³/mol. The Morgan fingerprint density at radius 1 is 1.03 bits per heavy atom. The topological polar surface area (TPSA) is 99.2 Å². The van der Waals surface area contributed by atoms with Crippen LogP contribution in [-0.2, 0) is 13.0 Å². The summed E-state index contributed by atoms with van der Waals surface area (Å²) in [5, 5.41) is 27.3. The number of nitrogens with one attached hydrogen (secondary N) is 1. The van der Waals surface area contributed by atoms with Crippen LogP contribution in [0.4, 0.5) is 0 Å². The molecule has 0 aliphatic rings. The van der Waals surface area contributed by atoms with Crippen LogP contribution in [0.5, 0.6) is 0 Å². The van der Waals surface area contributed by atoms with Crippen molar-refractivity contribution in [2.24, 2.45) is 0 Å². The minimum Gasteiger partial charge on any atom is -0.618 e. The average molecular weight is 466 g/mol. The lowest BCUT2D eigenvalue weighted by atomic mass is 9.97. The Balaban J connectivity index is 1.54. The molecule has 176 valence electrons. The first-order chi connectivity index (χ1) is 17.1. The number of aromatic amines is 1. The van der Waals surface area contributed by atoms with Crippen molar-refractivity contribution in [1.29, 1.82) is 0 Å². The van der Waals surface area contributed by atoms with Gasteiger partial charge < -0.3 is 9.77 Å². The van der Waals surface area contributed by atoms with E-state index < -0.39 is 0 Å². The van der Waals surface area contributed by atoms with Crippen molar-refractivity contribution >= 4 is 0 Å². The summed E-state index contributed by atoms with van der Waals surface area (Å²) in [5.41, 5.74) is 6.41. The quantitative estimate of drug-likeness (QED) is 0.264. The summed E-state index contributed by atoms with van der Waals surface area (Å²) in [7, 11) is 0. The van der Waals surface area contributed by atoms with E-state index in [9.17, 15) is 5.21 Å². The maximum Gasteiger partial charge on any atom is 0.244 e. The van der Waals surface area contributed by atoms with Gasteiger partial charge in [0.15, 0.2) is 11.9 Å². The third-order valence-corrected chi connectivity index (χ3v) is 6.06. The summed E-state index contributed by atoms with van der Waals surface area (Å²) in [6.07, 6.45) is 6.47. The van der Waals surface area contributed by atoms with Gasteiger partial charge in [0, 0.05) is 36.9 Å². The highest BCUT2D eigenvalue weighted by Crippen LogP contribution is 2.31. The van der Waals surface area contributed by atoms with Crippen molar-refractivity contribution in [2.45, 2.75) is 39.7 Å². The number of hydrogen-bond acceptors (Lipinski definition) is 5.